The van der Waals surface area contributed by atoms with Crippen molar-refractivity contribution in [2.24, 2.45) is 10.4 Å². The van der Waals surface area contributed by atoms with Crippen LogP contribution in [-0.4, -0.2) is 46.5 Å². The number of aliphatic imine (C=N–C) groups is 1. The molecule has 1 aliphatic carbocycles. The molecular formula is C21H35N3O3. The van der Waals surface area contributed by atoms with Gasteiger partial charge in [0, 0.05) is 38.6 Å². The minimum absolute atomic E-state index is 0.273. The van der Waals surface area contributed by atoms with E-state index in [-0.39, 0.29) is 5.41 Å². The highest BCUT2D eigenvalue weighted by molar-refractivity contribution is 5.93. The molecule has 1 saturated carbocycles. The molecule has 27 heavy (non-hydrogen) atoms. The number of rotatable bonds is 10. The summed E-state index contributed by atoms with van der Waals surface area (Å²) in [5.74, 6) is 2.26. The molecule has 0 bridgehead atoms. The van der Waals surface area contributed by atoms with Gasteiger partial charge in [-0.05, 0) is 50.7 Å². The van der Waals surface area contributed by atoms with Crippen molar-refractivity contribution in [1.82, 2.24) is 5.32 Å². The van der Waals surface area contributed by atoms with Crippen LogP contribution in [0, 0.1) is 5.41 Å². The van der Waals surface area contributed by atoms with E-state index >= 15 is 0 Å². The molecule has 1 aromatic rings. The zero-order valence-corrected chi connectivity index (χ0v) is 17.3. The predicted molar refractivity (Wildman–Crippen MR) is 111 cm³/mol. The number of hydrogen-bond donors (Lipinski definition) is 2. The highest BCUT2D eigenvalue weighted by Crippen LogP contribution is 2.41. The Labute approximate surface area is 163 Å². The second-order valence-corrected chi connectivity index (χ2v) is 7.07. The van der Waals surface area contributed by atoms with E-state index in [1.807, 2.05) is 25.1 Å². The first-order chi connectivity index (χ1) is 13.2. The van der Waals surface area contributed by atoms with Gasteiger partial charge in [0.25, 0.3) is 0 Å². The van der Waals surface area contributed by atoms with Gasteiger partial charge in [-0.15, -0.1) is 0 Å². The molecule has 0 spiro atoms. The van der Waals surface area contributed by atoms with Gasteiger partial charge >= 0.3 is 0 Å². The van der Waals surface area contributed by atoms with Gasteiger partial charge in [0.1, 0.15) is 0 Å². The van der Waals surface area contributed by atoms with Crippen LogP contribution in [0.3, 0.4) is 0 Å². The van der Waals surface area contributed by atoms with Crippen molar-refractivity contribution in [3.05, 3.63) is 18.2 Å². The molecule has 6 heteroatoms. The van der Waals surface area contributed by atoms with Crippen molar-refractivity contribution in [2.45, 2.75) is 46.0 Å². The van der Waals surface area contributed by atoms with E-state index < -0.39 is 0 Å². The van der Waals surface area contributed by atoms with Crippen molar-refractivity contribution in [3.63, 3.8) is 0 Å². The van der Waals surface area contributed by atoms with Crippen LogP contribution in [0.4, 0.5) is 5.69 Å². The lowest BCUT2D eigenvalue weighted by molar-refractivity contribution is 0.141. The van der Waals surface area contributed by atoms with Crippen molar-refractivity contribution >= 4 is 11.6 Å². The van der Waals surface area contributed by atoms with Crippen LogP contribution >= 0.6 is 0 Å². The summed E-state index contributed by atoms with van der Waals surface area (Å²) in [6, 6.07) is 5.84. The smallest absolute Gasteiger partial charge is 0.195 e. The fourth-order valence-corrected chi connectivity index (χ4v) is 3.64. The number of hydrogen-bond acceptors (Lipinski definition) is 4. The maximum Gasteiger partial charge on any atom is 0.195 e. The minimum Gasteiger partial charge on any atom is -0.493 e. The molecule has 0 heterocycles. The van der Waals surface area contributed by atoms with Crippen molar-refractivity contribution in [3.8, 4) is 11.5 Å². The number of anilines is 1. The Kier molecular flexibility index (Phi) is 8.72. The minimum atomic E-state index is 0.273. The SMILES string of the molecule is CCNC(=NCC1(CCOC)CCCC1)Nc1ccc(OCC)c(OC)c1. The van der Waals surface area contributed by atoms with Crippen molar-refractivity contribution in [2.75, 3.05) is 45.8 Å². The van der Waals surface area contributed by atoms with Gasteiger partial charge in [0.15, 0.2) is 17.5 Å². The highest BCUT2D eigenvalue weighted by Gasteiger charge is 2.33. The van der Waals surface area contributed by atoms with Crippen molar-refractivity contribution in [1.29, 1.82) is 0 Å². The molecule has 152 valence electrons. The van der Waals surface area contributed by atoms with E-state index in [1.165, 1.54) is 25.7 Å². The zero-order valence-electron chi connectivity index (χ0n) is 17.3. The van der Waals surface area contributed by atoms with E-state index in [0.29, 0.717) is 12.4 Å². The van der Waals surface area contributed by atoms with Gasteiger partial charge < -0.3 is 24.8 Å². The van der Waals surface area contributed by atoms with Crippen LogP contribution in [0.5, 0.6) is 11.5 Å². The molecule has 0 radical (unpaired) electrons. The molecular weight excluding hydrogens is 342 g/mol. The van der Waals surface area contributed by atoms with Crippen molar-refractivity contribution < 1.29 is 14.2 Å². The third kappa shape index (κ3) is 6.31. The van der Waals surface area contributed by atoms with Crippen LogP contribution in [0.15, 0.2) is 23.2 Å². The van der Waals surface area contributed by atoms with Gasteiger partial charge in [-0.2, -0.15) is 0 Å². The number of methoxy groups -OCH3 is 2. The molecule has 0 saturated heterocycles. The zero-order chi connectivity index (χ0) is 19.5. The largest absolute Gasteiger partial charge is 0.493 e. The monoisotopic (exact) mass is 377 g/mol. The summed E-state index contributed by atoms with van der Waals surface area (Å²) in [4.78, 5) is 4.90. The molecule has 1 aromatic carbocycles. The maximum atomic E-state index is 5.59. The summed E-state index contributed by atoms with van der Waals surface area (Å²) >= 11 is 0. The molecule has 0 aliphatic heterocycles. The van der Waals surface area contributed by atoms with Gasteiger partial charge in [0.05, 0.1) is 13.7 Å². The standard InChI is InChI=1S/C21H35N3O3/c1-5-22-20(23-16-21(13-14-25-3)11-7-8-12-21)24-17-9-10-18(27-6-2)19(15-17)26-4/h9-10,15H,5-8,11-14,16H2,1-4H3,(H2,22,23,24). The molecule has 0 aromatic heterocycles. The number of ether oxygens (including phenoxy) is 3. The first kappa shape index (κ1) is 21.4. The highest BCUT2D eigenvalue weighted by atomic mass is 16.5. The van der Waals surface area contributed by atoms with Crippen LogP contribution in [-0.2, 0) is 4.74 Å². The lowest BCUT2D eigenvalue weighted by Gasteiger charge is -2.27. The fraction of sp³-hybridized carbons (Fsp3) is 0.667. The average Bonchev–Trinajstić information content (AvgIpc) is 3.15. The first-order valence-corrected chi connectivity index (χ1v) is 10.0. The van der Waals surface area contributed by atoms with Crippen LogP contribution in [0.2, 0.25) is 0 Å². The molecule has 0 atom stereocenters. The number of nitrogens with one attached hydrogen (secondary N) is 2. The van der Waals surface area contributed by atoms with Gasteiger partial charge in [-0.1, -0.05) is 12.8 Å². The number of nitrogens with zero attached hydrogens (tertiary/aromatic N) is 1. The first-order valence-electron chi connectivity index (χ1n) is 10.0. The van der Waals surface area contributed by atoms with Gasteiger partial charge in [-0.3, -0.25) is 4.99 Å². The number of guanidine groups is 1. The quantitative estimate of drug-likeness (QED) is 0.475. The second kappa shape index (κ2) is 11.0. The van der Waals surface area contributed by atoms with E-state index in [2.05, 4.69) is 17.6 Å². The predicted octanol–water partition coefficient (Wildman–Crippen LogP) is 4.07. The lowest BCUT2D eigenvalue weighted by Crippen LogP contribution is -2.33. The third-order valence-electron chi connectivity index (χ3n) is 5.14. The van der Waals surface area contributed by atoms with Gasteiger partial charge in [-0.25, -0.2) is 0 Å². The van der Waals surface area contributed by atoms with E-state index in [1.54, 1.807) is 14.2 Å². The second-order valence-electron chi connectivity index (χ2n) is 7.07. The van der Waals surface area contributed by atoms with E-state index in [9.17, 15) is 0 Å². The Balaban J connectivity index is 2.10. The Bertz CT molecular complexity index is 598. The molecule has 6 nitrogen and oxygen atoms in total. The molecule has 2 rings (SSSR count). The summed E-state index contributed by atoms with van der Waals surface area (Å²) in [7, 11) is 3.43. The summed E-state index contributed by atoms with van der Waals surface area (Å²) in [5.41, 5.74) is 1.20. The van der Waals surface area contributed by atoms with Crippen LogP contribution in [0.25, 0.3) is 0 Å². The third-order valence-corrected chi connectivity index (χ3v) is 5.14. The molecule has 0 amide bonds. The Hall–Kier alpha value is -1.95. The molecule has 0 unspecified atom stereocenters. The van der Waals surface area contributed by atoms with Gasteiger partial charge in [0.2, 0.25) is 0 Å². The van der Waals surface area contributed by atoms with E-state index in [4.69, 9.17) is 19.2 Å². The van der Waals surface area contributed by atoms with Crippen LogP contribution in [0.1, 0.15) is 46.0 Å². The fourth-order valence-electron chi connectivity index (χ4n) is 3.64. The Morgan fingerprint density at radius 3 is 2.56 bits per heavy atom. The molecule has 1 aliphatic rings. The van der Waals surface area contributed by atoms with E-state index in [0.717, 1.165) is 43.5 Å². The Morgan fingerprint density at radius 1 is 1.15 bits per heavy atom. The Morgan fingerprint density at radius 2 is 1.93 bits per heavy atom. The van der Waals surface area contributed by atoms with Crippen LogP contribution < -0.4 is 20.1 Å². The maximum absolute atomic E-state index is 5.59. The summed E-state index contributed by atoms with van der Waals surface area (Å²) in [5, 5.41) is 6.73. The topological polar surface area (TPSA) is 64.1 Å². The summed E-state index contributed by atoms with van der Waals surface area (Å²) in [6.07, 6.45) is 6.12. The average molecular weight is 378 g/mol. The summed E-state index contributed by atoms with van der Waals surface area (Å²) in [6.45, 7) is 7.08. The normalized spacial score (nSPS) is 16.2. The lowest BCUT2D eigenvalue weighted by atomic mass is 9.83. The molecule has 2 N–H and O–H groups in total. The molecule has 1 fully saturated rings. The number of benzene rings is 1. The summed E-state index contributed by atoms with van der Waals surface area (Å²) < 4.78 is 16.4.